The lowest BCUT2D eigenvalue weighted by Crippen LogP contribution is -2.31. The van der Waals surface area contributed by atoms with Crippen LogP contribution in [0.2, 0.25) is 12.1 Å². The quantitative estimate of drug-likeness (QED) is 0.354. The Hall–Kier alpha value is -0.643. The number of hydrogen-bond donors (Lipinski definition) is 0. The first kappa shape index (κ1) is 16.2. The summed E-state index contributed by atoms with van der Waals surface area (Å²) in [6.45, 7) is 4.33. The molecule has 0 saturated carbocycles. The van der Waals surface area contributed by atoms with Gasteiger partial charge in [0.2, 0.25) is 0 Å². The number of ether oxygens (including phenoxy) is 2. The molecule has 122 valence electrons. The molecule has 0 amide bonds. The van der Waals surface area contributed by atoms with Gasteiger partial charge in [-0.05, 0) is 19.8 Å². The molecule has 3 rings (SSSR count). The van der Waals surface area contributed by atoms with Gasteiger partial charge in [0.15, 0.2) is 0 Å². The van der Waals surface area contributed by atoms with Gasteiger partial charge in [-0.25, -0.2) is 0 Å². The summed E-state index contributed by atoms with van der Waals surface area (Å²) in [5.41, 5.74) is 1.52. The minimum absolute atomic E-state index is 0.608. The van der Waals surface area contributed by atoms with Crippen LogP contribution in [0.4, 0.5) is 0 Å². The summed E-state index contributed by atoms with van der Waals surface area (Å²) in [7, 11) is -0.798. The predicted molar refractivity (Wildman–Crippen MR) is 94.8 cm³/mol. The monoisotopic (exact) mass is 318 g/mol. The van der Waals surface area contributed by atoms with E-state index in [2.05, 4.69) is 31.2 Å². The van der Waals surface area contributed by atoms with Crippen LogP contribution in [0.25, 0.3) is 0 Å². The van der Waals surface area contributed by atoms with E-state index in [1.54, 1.807) is 5.19 Å². The molecule has 2 fully saturated rings. The van der Waals surface area contributed by atoms with Gasteiger partial charge in [-0.15, -0.1) is 0 Å². The molecule has 2 saturated heterocycles. The second-order valence-electron chi connectivity index (χ2n) is 7.03. The van der Waals surface area contributed by atoms with Crippen molar-refractivity contribution in [3.63, 3.8) is 0 Å². The van der Waals surface area contributed by atoms with Crippen LogP contribution in [0.3, 0.4) is 0 Å². The topological polar surface area (TPSA) is 25.1 Å². The van der Waals surface area contributed by atoms with Crippen LogP contribution in [0.1, 0.15) is 44.1 Å². The van der Waals surface area contributed by atoms with Crippen LogP contribution in [0.15, 0.2) is 24.3 Å². The lowest BCUT2D eigenvalue weighted by Gasteiger charge is -2.18. The van der Waals surface area contributed by atoms with E-state index in [1.807, 2.05) is 0 Å². The highest BCUT2D eigenvalue weighted by Crippen LogP contribution is 2.21. The van der Waals surface area contributed by atoms with Gasteiger partial charge < -0.3 is 9.47 Å². The summed E-state index contributed by atoms with van der Waals surface area (Å²) in [4.78, 5) is 0. The van der Waals surface area contributed by atoms with Gasteiger partial charge in [0, 0.05) is 0 Å². The van der Waals surface area contributed by atoms with Crippen molar-refractivity contribution in [3.05, 3.63) is 29.8 Å². The molecule has 0 aromatic heterocycles. The van der Waals surface area contributed by atoms with Gasteiger partial charge in [0.1, 0.15) is 0 Å². The summed E-state index contributed by atoms with van der Waals surface area (Å²) in [5, 5.41) is 1.72. The number of rotatable bonds is 11. The van der Waals surface area contributed by atoms with E-state index >= 15 is 0 Å². The van der Waals surface area contributed by atoms with Crippen molar-refractivity contribution in [3.8, 4) is 0 Å². The molecule has 2 unspecified atom stereocenters. The Labute approximate surface area is 136 Å². The largest absolute Gasteiger partial charge is 0.373 e. The summed E-state index contributed by atoms with van der Waals surface area (Å²) in [6, 6.07) is 12.1. The van der Waals surface area contributed by atoms with Gasteiger partial charge in [0.05, 0.1) is 34.2 Å². The molecular formula is C19H30O2Si. The summed E-state index contributed by atoms with van der Waals surface area (Å²) < 4.78 is 10.7. The lowest BCUT2D eigenvalue weighted by molar-refractivity contribution is 0.390. The molecule has 2 atom stereocenters. The van der Waals surface area contributed by atoms with E-state index in [4.69, 9.17) is 9.47 Å². The molecule has 22 heavy (non-hydrogen) atoms. The molecule has 0 spiro atoms. The molecule has 0 bridgehead atoms. The highest BCUT2D eigenvalue weighted by atomic mass is 28.3. The highest BCUT2D eigenvalue weighted by Gasteiger charge is 2.23. The van der Waals surface area contributed by atoms with E-state index < -0.39 is 8.80 Å². The van der Waals surface area contributed by atoms with Gasteiger partial charge in [0.25, 0.3) is 0 Å². The van der Waals surface area contributed by atoms with Crippen molar-refractivity contribution in [1.29, 1.82) is 0 Å². The zero-order valence-electron chi connectivity index (χ0n) is 13.9. The Kier molecular flexibility index (Phi) is 6.10. The van der Waals surface area contributed by atoms with Crippen molar-refractivity contribution >= 4 is 14.0 Å². The van der Waals surface area contributed by atoms with E-state index in [0.29, 0.717) is 12.2 Å². The van der Waals surface area contributed by atoms with Gasteiger partial charge in [-0.3, -0.25) is 0 Å². The third-order valence-electron chi connectivity index (χ3n) is 5.09. The van der Waals surface area contributed by atoms with E-state index in [-0.39, 0.29) is 0 Å². The third-order valence-corrected chi connectivity index (χ3v) is 8.83. The lowest BCUT2D eigenvalue weighted by atomic mass is 10.2. The summed E-state index contributed by atoms with van der Waals surface area (Å²) in [6.07, 6.45) is 9.30. The molecule has 0 N–H and O–H groups in total. The molecule has 1 aromatic carbocycles. The Morgan fingerprint density at radius 1 is 0.909 bits per heavy atom. The second-order valence-corrected chi connectivity index (χ2v) is 10.2. The van der Waals surface area contributed by atoms with Gasteiger partial charge in [-0.2, -0.15) is 0 Å². The highest BCUT2D eigenvalue weighted by molar-refractivity contribution is 6.73. The number of benzene rings is 1. The smallest absolute Gasteiger partial charge is 0.0810 e. The Morgan fingerprint density at radius 2 is 1.45 bits per heavy atom. The van der Waals surface area contributed by atoms with E-state index in [9.17, 15) is 0 Å². The summed E-state index contributed by atoms with van der Waals surface area (Å²) in [5.74, 6) is 0. The minimum atomic E-state index is -0.798. The zero-order valence-corrected chi connectivity index (χ0v) is 15.1. The fourth-order valence-electron chi connectivity index (χ4n) is 3.50. The van der Waals surface area contributed by atoms with Gasteiger partial charge >= 0.3 is 0 Å². The normalized spacial score (nSPS) is 24.2. The van der Waals surface area contributed by atoms with Crippen molar-refractivity contribution < 1.29 is 9.47 Å². The molecule has 3 heteroatoms. The van der Waals surface area contributed by atoms with Crippen molar-refractivity contribution in [2.75, 3.05) is 13.2 Å². The Balaban J connectivity index is 1.45. The van der Waals surface area contributed by atoms with Crippen molar-refractivity contribution in [1.82, 2.24) is 0 Å². The molecule has 0 aliphatic carbocycles. The molecule has 2 aliphatic rings. The average Bonchev–Trinajstić information content (AvgIpc) is 3.41. The first-order valence-corrected chi connectivity index (χ1v) is 11.3. The average molecular weight is 319 g/mol. The third kappa shape index (κ3) is 5.53. The Bertz CT molecular complexity index is 435. The predicted octanol–water partition coefficient (Wildman–Crippen LogP) is 3.57. The molecule has 2 nitrogen and oxygen atoms in total. The van der Waals surface area contributed by atoms with Crippen LogP contribution >= 0.6 is 0 Å². The number of epoxide rings is 2. The molecule has 2 heterocycles. The van der Waals surface area contributed by atoms with Crippen LogP contribution in [-0.2, 0) is 9.47 Å². The molecule has 0 radical (unpaired) electrons. The maximum atomic E-state index is 5.33. The SMILES string of the molecule is Cc1ccccc1[SiH](CCCCC1CO1)CCCCC1CO1. The number of aryl methyl sites for hydroxylation is 1. The van der Waals surface area contributed by atoms with Crippen LogP contribution in [0, 0.1) is 6.92 Å². The number of hydrogen-bond acceptors (Lipinski definition) is 2. The van der Waals surface area contributed by atoms with Crippen LogP contribution in [0.5, 0.6) is 0 Å². The van der Waals surface area contributed by atoms with E-state index in [1.165, 1.54) is 56.2 Å². The summed E-state index contributed by atoms with van der Waals surface area (Å²) >= 11 is 0. The molecule has 2 aliphatic heterocycles. The minimum Gasteiger partial charge on any atom is -0.373 e. The van der Waals surface area contributed by atoms with Crippen molar-refractivity contribution in [2.24, 2.45) is 0 Å². The Morgan fingerprint density at radius 3 is 1.95 bits per heavy atom. The molecular weight excluding hydrogens is 288 g/mol. The second kappa shape index (κ2) is 8.28. The fourth-order valence-corrected chi connectivity index (χ4v) is 7.09. The fraction of sp³-hybridized carbons (Fsp3) is 0.684. The first-order valence-electron chi connectivity index (χ1n) is 9.11. The van der Waals surface area contributed by atoms with Crippen molar-refractivity contribution in [2.45, 2.75) is 69.7 Å². The maximum Gasteiger partial charge on any atom is 0.0810 e. The first-order chi connectivity index (χ1) is 10.8. The molecule has 1 aromatic rings. The standard InChI is InChI=1S/C19H30O2Si/c1-16-8-2-3-11-19(16)22(12-6-4-9-17-14-20-17)13-7-5-10-18-15-21-18/h2-3,8,11,17-18,22H,4-7,9-10,12-15H2,1H3. The van der Waals surface area contributed by atoms with E-state index in [0.717, 1.165) is 13.2 Å². The van der Waals surface area contributed by atoms with Gasteiger partial charge in [-0.1, -0.05) is 72.8 Å². The van der Waals surface area contributed by atoms with Crippen LogP contribution < -0.4 is 5.19 Å². The zero-order chi connectivity index (χ0) is 15.2. The van der Waals surface area contributed by atoms with Crippen LogP contribution in [-0.4, -0.2) is 34.2 Å². The maximum absolute atomic E-state index is 5.33. The number of unbranched alkanes of at least 4 members (excludes halogenated alkanes) is 2.